The van der Waals surface area contributed by atoms with Crippen molar-refractivity contribution in [3.8, 4) is 5.75 Å². The van der Waals surface area contributed by atoms with E-state index in [0.717, 1.165) is 16.8 Å². The molecule has 3 aromatic carbocycles. The molecule has 1 N–H and O–H groups in total. The predicted molar refractivity (Wildman–Crippen MR) is 127 cm³/mol. The molecule has 0 saturated heterocycles. The Kier molecular flexibility index (Phi) is 7.97. The molecule has 0 aliphatic rings. The van der Waals surface area contributed by atoms with Gasteiger partial charge >= 0.3 is 5.97 Å². The second-order valence-corrected chi connectivity index (χ2v) is 7.77. The van der Waals surface area contributed by atoms with Crippen LogP contribution in [0.3, 0.4) is 0 Å². The standard InChI is InChI=1S/C27H27NO5/c1-18-12-13-23(19(2)14-18)28-24(16-25(29)20-8-5-4-6-9-20)27(31)33-17-26(30)21-10-7-11-22(15-21)32-3/h4-15,24,28H,16-17H2,1-3H3. The van der Waals surface area contributed by atoms with Crippen LogP contribution in [0.1, 0.15) is 38.3 Å². The molecule has 6 heteroatoms. The number of methoxy groups -OCH3 is 1. The van der Waals surface area contributed by atoms with Crippen molar-refractivity contribution in [1.29, 1.82) is 0 Å². The molecule has 6 nitrogen and oxygen atoms in total. The van der Waals surface area contributed by atoms with E-state index >= 15 is 0 Å². The number of Topliss-reactive ketones (excluding diaryl/α,β-unsaturated/α-hetero) is 2. The molecule has 3 rings (SSSR count). The van der Waals surface area contributed by atoms with Crippen molar-refractivity contribution in [2.24, 2.45) is 0 Å². The van der Waals surface area contributed by atoms with Crippen LogP contribution in [0.2, 0.25) is 0 Å². The SMILES string of the molecule is COc1cccc(C(=O)COC(=O)C(CC(=O)c2ccccc2)Nc2ccc(C)cc2C)c1. The maximum Gasteiger partial charge on any atom is 0.329 e. The van der Waals surface area contributed by atoms with Gasteiger partial charge in [0.15, 0.2) is 18.2 Å². The lowest BCUT2D eigenvalue weighted by atomic mass is 10.0. The first-order valence-corrected chi connectivity index (χ1v) is 10.6. The summed E-state index contributed by atoms with van der Waals surface area (Å²) in [6.45, 7) is 3.46. The molecule has 170 valence electrons. The van der Waals surface area contributed by atoms with E-state index < -0.39 is 18.6 Å². The Morgan fingerprint density at radius 1 is 0.848 bits per heavy atom. The second-order valence-electron chi connectivity index (χ2n) is 7.77. The quantitative estimate of drug-likeness (QED) is 0.357. The highest BCUT2D eigenvalue weighted by Crippen LogP contribution is 2.20. The first kappa shape index (κ1) is 23.7. The van der Waals surface area contributed by atoms with Gasteiger partial charge in [-0.05, 0) is 37.6 Å². The van der Waals surface area contributed by atoms with Crippen LogP contribution >= 0.6 is 0 Å². The number of ketones is 2. The van der Waals surface area contributed by atoms with Gasteiger partial charge in [-0.15, -0.1) is 0 Å². The van der Waals surface area contributed by atoms with Crippen molar-refractivity contribution in [2.45, 2.75) is 26.3 Å². The van der Waals surface area contributed by atoms with Gasteiger partial charge in [-0.25, -0.2) is 4.79 Å². The fourth-order valence-electron chi connectivity index (χ4n) is 3.40. The minimum atomic E-state index is -0.947. The molecule has 3 aromatic rings. The maximum atomic E-state index is 12.9. The zero-order valence-corrected chi connectivity index (χ0v) is 19.0. The van der Waals surface area contributed by atoms with E-state index in [2.05, 4.69) is 5.32 Å². The highest BCUT2D eigenvalue weighted by Gasteiger charge is 2.25. The van der Waals surface area contributed by atoms with E-state index in [9.17, 15) is 14.4 Å². The highest BCUT2D eigenvalue weighted by molar-refractivity contribution is 6.01. The Hall–Kier alpha value is -3.93. The number of ether oxygens (including phenoxy) is 2. The van der Waals surface area contributed by atoms with Gasteiger partial charge in [-0.2, -0.15) is 0 Å². The fourth-order valence-corrected chi connectivity index (χ4v) is 3.40. The lowest BCUT2D eigenvalue weighted by Crippen LogP contribution is -2.35. The number of carbonyl (C=O) groups is 3. The Morgan fingerprint density at radius 3 is 2.27 bits per heavy atom. The van der Waals surface area contributed by atoms with Crippen molar-refractivity contribution in [1.82, 2.24) is 0 Å². The summed E-state index contributed by atoms with van der Waals surface area (Å²) in [6, 6.07) is 20.2. The van der Waals surface area contributed by atoms with E-state index in [1.165, 1.54) is 7.11 Å². The summed E-state index contributed by atoms with van der Waals surface area (Å²) in [4.78, 5) is 38.2. The molecule has 0 fully saturated rings. The molecule has 33 heavy (non-hydrogen) atoms. The maximum absolute atomic E-state index is 12.9. The average molecular weight is 446 g/mol. The van der Waals surface area contributed by atoms with Gasteiger partial charge in [0.2, 0.25) is 0 Å². The molecule has 0 aromatic heterocycles. The molecule has 0 aliphatic heterocycles. The smallest absolute Gasteiger partial charge is 0.329 e. The zero-order valence-electron chi connectivity index (χ0n) is 19.0. The fraction of sp³-hybridized carbons (Fsp3) is 0.222. The molecular formula is C27H27NO5. The van der Waals surface area contributed by atoms with Gasteiger partial charge in [-0.3, -0.25) is 9.59 Å². The number of esters is 1. The van der Waals surface area contributed by atoms with Crippen molar-refractivity contribution in [3.05, 3.63) is 95.1 Å². The lowest BCUT2D eigenvalue weighted by molar-refractivity contribution is -0.143. The minimum absolute atomic E-state index is 0.108. The summed E-state index contributed by atoms with van der Waals surface area (Å²) in [5.74, 6) is -0.693. The number of hydrogen-bond acceptors (Lipinski definition) is 6. The minimum Gasteiger partial charge on any atom is -0.497 e. The molecule has 1 atom stereocenters. The average Bonchev–Trinajstić information content (AvgIpc) is 2.83. The molecule has 0 bridgehead atoms. The Bertz CT molecular complexity index is 1140. The van der Waals surface area contributed by atoms with Gasteiger partial charge in [-0.1, -0.05) is 60.2 Å². The summed E-state index contributed by atoms with van der Waals surface area (Å²) in [6.07, 6.45) is -0.108. The van der Waals surface area contributed by atoms with Gasteiger partial charge in [0, 0.05) is 23.2 Å². The topological polar surface area (TPSA) is 81.7 Å². The number of hydrogen-bond donors (Lipinski definition) is 1. The van der Waals surface area contributed by atoms with Crippen molar-refractivity contribution in [3.63, 3.8) is 0 Å². The van der Waals surface area contributed by atoms with Crippen LogP contribution in [-0.2, 0) is 9.53 Å². The van der Waals surface area contributed by atoms with E-state index in [1.54, 1.807) is 48.5 Å². The van der Waals surface area contributed by atoms with E-state index in [4.69, 9.17) is 9.47 Å². The number of aryl methyl sites for hydroxylation is 2. The monoisotopic (exact) mass is 445 g/mol. The van der Waals surface area contributed by atoms with Gasteiger partial charge in [0.05, 0.1) is 7.11 Å². The Labute approximate surface area is 193 Å². The number of carbonyl (C=O) groups excluding carboxylic acids is 3. The number of rotatable bonds is 10. The summed E-state index contributed by atoms with van der Waals surface area (Å²) < 4.78 is 10.5. The van der Waals surface area contributed by atoms with Crippen LogP contribution < -0.4 is 10.1 Å². The molecule has 0 heterocycles. The molecule has 0 radical (unpaired) electrons. The predicted octanol–water partition coefficient (Wildman–Crippen LogP) is 4.79. The largest absolute Gasteiger partial charge is 0.497 e. The number of anilines is 1. The molecule has 0 aliphatic carbocycles. The number of benzene rings is 3. The molecule has 0 amide bonds. The second kappa shape index (κ2) is 11.1. The normalized spacial score (nSPS) is 11.4. The van der Waals surface area contributed by atoms with Gasteiger partial charge in [0.1, 0.15) is 11.8 Å². The summed E-state index contributed by atoms with van der Waals surface area (Å²) in [5.41, 5.74) is 3.63. The van der Waals surface area contributed by atoms with Crippen LogP contribution in [0.15, 0.2) is 72.8 Å². The summed E-state index contributed by atoms with van der Waals surface area (Å²) in [5, 5.41) is 3.13. The third kappa shape index (κ3) is 6.53. The van der Waals surface area contributed by atoms with Crippen LogP contribution in [0.4, 0.5) is 5.69 Å². The summed E-state index contributed by atoms with van der Waals surface area (Å²) in [7, 11) is 1.51. The van der Waals surface area contributed by atoms with Crippen LogP contribution in [0, 0.1) is 13.8 Å². The van der Waals surface area contributed by atoms with E-state index in [0.29, 0.717) is 16.9 Å². The van der Waals surface area contributed by atoms with Gasteiger partial charge < -0.3 is 14.8 Å². The third-order valence-electron chi connectivity index (χ3n) is 5.22. The van der Waals surface area contributed by atoms with Crippen molar-refractivity contribution >= 4 is 23.2 Å². The zero-order chi connectivity index (χ0) is 23.8. The molecular weight excluding hydrogens is 418 g/mol. The first-order chi connectivity index (χ1) is 15.9. The lowest BCUT2D eigenvalue weighted by Gasteiger charge is -2.20. The Morgan fingerprint density at radius 2 is 1.58 bits per heavy atom. The van der Waals surface area contributed by atoms with Crippen molar-refractivity contribution in [2.75, 3.05) is 19.0 Å². The molecule has 1 unspecified atom stereocenters. The van der Waals surface area contributed by atoms with E-state index in [1.807, 2.05) is 38.1 Å². The first-order valence-electron chi connectivity index (χ1n) is 10.6. The van der Waals surface area contributed by atoms with E-state index in [-0.39, 0.29) is 18.0 Å². The van der Waals surface area contributed by atoms with Gasteiger partial charge in [0.25, 0.3) is 0 Å². The van der Waals surface area contributed by atoms with Crippen LogP contribution in [0.25, 0.3) is 0 Å². The molecule has 0 spiro atoms. The van der Waals surface area contributed by atoms with Crippen LogP contribution in [-0.4, -0.2) is 37.3 Å². The van der Waals surface area contributed by atoms with Crippen molar-refractivity contribution < 1.29 is 23.9 Å². The Balaban J connectivity index is 1.74. The highest BCUT2D eigenvalue weighted by atomic mass is 16.5. The summed E-state index contributed by atoms with van der Waals surface area (Å²) >= 11 is 0. The third-order valence-corrected chi connectivity index (χ3v) is 5.22. The molecule has 0 saturated carbocycles. The van der Waals surface area contributed by atoms with Crippen LogP contribution in [0.5, 0.6) is 5.75 Å². The number of nitrogens with one attached hydrogen (secondary N) is 1.